The highest BCUT2D eigenvalue weighted by atomic mass is 32.2. The van der Waals surface area contributed by atoms with E-state index in [4.69, 9.17) is 0 Å². The summed E-state index contributed by atoms with van der Waals surface area (Å²) in [6, 6.07) is 9.25. The lowest BCUT2D eigenvalue weighted by molar-refractivity contribution is -0.136. The van der Waals surface area contributed by atoms with Crippen LogP contribution in [0, 0.1) is 6.92 Å². The highest BCUT2D eigenvalue weighted by Gasteiger charge is 2.44. The van der Waals surface area contributed by atoms with E-state index in [0.29, 0.717) is 0 Å². The number of hydrogen-bond acceptors (Lipinski definition) is 6. The molecule has 2 aliphatic heterocycles. The van der Waals surface area contributed by atoms with Crippen LogP contribution in [-0.2, 0) is 19.6 Å². The van der Waals surface area contributed by atoms with Crippen LogP contribution in [0.1, 0.15) is 39.1 Å². The van der Waals surface area contributed by atoms with Crippen LogP contribution < -0.4 is 10.0 Å². The monoisotopic (exact) mass is 427 g/mol. The number of piperidine rings is 1. The summed E-state index contributed by atoms with van der Waals surface area (Å²) in [4.78, 5) is 49.9. The summed E-state index contributed by atoms with van der Waals surface area (Å²) in [5.74, 6) is -2.53. The number of nitrogens with zero attached hydrogens (tertiary/aromatic N) is 1. The van der Waals surface area contributed by atoms with Gasteiger partial charge in [-0.25, -0.2) is 8.42 Å². The topological polar surface area (TPSA) is 130 Å². The Balaban J connectivity index is 1.62. The van der Waals surface area contributed by atoms with Crippen LogP contribution in [0.15, 0.2) is 47.4 Å². The number of carbonyl (C=O) groups excluding carboxylic acids is 4. The molecule has 9 nitrogen and oxygen atoms in total. The fourth-order valence-electron chi connectivity index (χ4n) is 3.53. The van der Waals surface area contributed by atoms with Gasteiger partial charge in [-0.05, 0) is 49.2 Å². The number of nitrogens with one attached hydrogen (secondary N) is 2. The summed E-state index contributed by atoms with van der Waals surface area (Å²) >= 11 is 0. The maximum absolute atomic E-state index is 12.8. The summed E-state index contributed by atoms with van der Waals surface area (Å²) in [7, 11) is -3.89. The SMILES string of the molecule is Cc1cccc(S(=O)(=O)Nc2ccc3c(c2)C(=O)N(C2CCC(=O)NC2=O)C3=O)c1. The predicted molar refractivity (Wildman–Crippen MR) is 105 cm³/mol. The van der Waals surface area contributed by atoms with Crippen LogP contribution in [0.5, 0.6) is 0 Å². The number of hydrogen-bond donors (Lipinski definition) is 2. The average Bonchev–Trinajstić information content (AvgIpc) is 2.92. The molecule has 2 aromatic rings. The molecule has 154 valence electrons. The molecule has 4 rings (SSSR count). The molecule has 30 heavy (non-hydrogen) atoms. The number of aryl methyl sites for hydroxylation is 1. The van der Waals surface area contributed by atoms with Gasteiger partial charge in [-0.3, -0.25) is 34.1 Å². The first-order valence-electron chi connectivity index (χ1n) is 9.12. The molecule has 1 unspecified atom stereocenters. The minimum absolute atomic E-state index is 0.00542. The molecule has 0 aliphatic carbocycles. The van der Waals surface area contributed by atoms with E-state index in [0.717, 1.165) is 10.5 Å². The first-order valence-corrected chi connectivity index (χ1v) is 10.6. The number of anilines is 1. The van der Waals surface area contributed by atoms with Gasteiger partial charge in [0.25, 0.3) is 21.8 Å². The van der Waals surface area contributed by atoms with Gasteiger partial charge in [0, 0.05) is 12.1 Å². The number of benzene rings is 2. The Hall–Kier alpha value is -3.53. The first-order chi connectivity index (χ1) is 14.2. The first kappa shape index (κ1) is 19.8. The van der Waals surface area contributed by atoms with Crippen LogP contribution in [0.4, 0.5) is 5.69 Å². The normalized spacial score (nSPS) is 19.0. The third-order valence-electron chi connectivity index (χ3n) is 4.99. The van der Waals surface area contributed by atoms with E-state index in [1.54, 1.807) is 19.1 Å². The summed E-state index contributed by atoms with van der Waals surface area (Å²) in [5.41, 5.74) is 0.950. The maximum Gasteiger partial charge on any atom is 0.262 e. The molecular weight excluding hydrogens is 410 g/mol. The van der Waals surface area contributed by atoms with E-state index in [-0.39, 0.29) is 34.6 Å². The fourth-order valence-corrected chi connectivity index (χ4v) is 4.68. The van der Waals surface area contributed by atoms with Crippen molar-refractivity contribution in [2.75, 3.05) is 4.72 Å². The molecule has 0 spiro atoms. The van der Waals surface area contributed by atoms with Crippen molar-refractivity contribution in [1.29, 1.82) is 0 Å². The molecule has 2 heterocycles. The van der Waals surface area contributed by atoms with E-state index >= 15 is 0 Å². The summed E-state index contributed by atoms with van der Waals surface area (Å²) < 4.78 is 27.7. The number of rotatable bonds is 4. The molecule has 0 saturated carbocycles. The number of imide groups is 2. The third kappa shape index (κ3) is 3.35. The second-order valence-corrected chi connectivity index (χ2v) is 8.81. The molecule has 0 aromatic heterocycles. The second kappa shape index (κ2) is 7.06. The van der Waals surface area contributed by atoms with Crippen molar-refractivity contribution in [1.82, 2.24) is 10.2 Å². The van der Waals surface area contributed by atoms with E-state index in [1.807, 2.05) is 0 Å². The summed E-state index contributed by atoms with van der Waals surface area (Å²) in [5, 5.41) is 2.12. The highest BCUT2D eigenvalue weighted by molar-refractivity contribution is 7.92. The van der Waals surface area contributed by atoms with Crippen molar-refractivity contribution in [3.05, 3.63) is 59.2 Å². The van der Waals surface area contributed by atoms with Gasteiger partial charge in [0.15, 0.2) is 0 Å². The number of sulfonamides is 1. The molecule has 1 saturated heterocycles. The second-order valence-electron chi connectivity index (χ2n) is 7.13. The third-order valence-corrected chi connectivity index (χ3v) is 6.37. The Bertz CT molecular complexity index is 1220. The van der Waals surface area contributed by atoms with Crippen LogP contribution in [-0.4, -0.2) is 43.0 Å². The molecule has 1 atom stereocenters. The average molecular weight is 427 g/mol. The van der Waals surface area contributed by atoms with Gasteiger partial charge in [0.2, 0.25) is 11.8 Å². The Morgan fingerprint density at radius 2 is 1.73 bits per heavy atom. The molecule has 0 bridgehead atoms. The standard InChI is InChI=1S/C20H17N3O6S/c1-11-3-2-4-13(9-11)30(28,29)22-12-5-6-14-15(10-12)20(27)23(19(14)26)16-7-8-17(24)21-18(16)25/h2-6,9-10,16,22H,7-8H2,1H3,(H,21,24,25). The molecule has 2 N–H and O–H groups in total. The molecular formula is C20H17N3O6S. The van der Waals surface area contributed by atoms with Crippen molar-refractivity contribution in [2.45, 2.75) is 30.7 Å². The van der Waals surface area contributed by atoms with Gasteiger partial charge in [-0.2, -0.15) is 0 Å². The van der Waals surface area contributed by atoms with Crippen molar-refractivity contribution in [2.24, 2.45) is 0 Å². The van der Waals surface area contributed by atoms with E-state index in [9.17, 15) is 27.6 Å². The summed E-state index contributed by atoms with van der Waals surface area (Å²) in [6.07, 6.45) is 0.0638. The molecule has 2 aromatic carbocycles. The summed E-state index contributed by atoms with van der Waals surface area (Å²) in [6.45, 7) is 1.77. The molecule has 4 amide bonds. The lowest BCUT2D eigenvalue weighted by atomic mass is 10.0. The van der Waals surface area contributed by atoms with Crippen LogP contribution in [0.3, 0.4) is 0 Å². The van der Waals surface area contributed by atoms with Gasteiger partial charge in [-0.1, -0.05) is 12.1 Å². The quantitative estimate of drug-likeness (QED) is 0.705. The molecule has 2 aliphatic rings. The zero-order valence-corrected chi connectivity index (χ0v) is 16.7. The lowest BCUT2D eigenvalue weighted by Crippen LogP contribution is -2.54. The fraction of sp³-hybridized carbons (Fsp3) is 0.200. The Labute approximate surface area is 172 Å². The molecule has 1 fully saturated rings. The van der Waals surface area contributed by atoms with Crippen molar-refractivity contribution in [3.8, 4) is 0 Å². The minimum atomic E-state index is -3.89. The maximum atomic E-state index is 12.8. The van der Waals surface area contributed by atoms with Gasteiger partial charge < -0.3 is 0 Å². The van der Waals surface area contributed by atoms with Gasteiger partial charge in [-0.15, -0.1) is 0 Å². The molecule has 10 heteroatoms. The predicted octanol–water partition coefficient (Wildman–Crippen LogP) is 1.20. The van der Waals surface area contributed by atoms with Crippen molar-refractivity contribution in [3.63, 3.8) is 0 Å². The van der Waals surface area contributed by atoms with Gasteiger partial charge >= 0.3 is 0 Å². The Morgan fingerprint density at radius 3 is 2.43 bits per heavy atom. The van der Waals surface area contributed by atoms with Gasteiger partial charge in [0.1, 0.15) is 6.04 Å². The smallest absolute Gasteiger partial charge is 0.262 e. The number of fused-ring (bicyclic) bond motifs is 1. The molecule has 0 radical (unpaired) electrons. The Kier molecular flexibility index (Phi) is 4.65. The van der Waals surface area contributed by atoms with Crippen molar-refractivity contribution < 1.29 is 27.6 Å². The van der Waals surface area contributed by atoms with E-state index in [1.165, 1.54) is 30.3 Å². The zero-order chi connectivity index (χ0) is 21.6. The van der Waals surface area contributed by atoms with Crippen LogP contribution in [0.25, 0.3) is 0 Å². The largest absolute Gasteiger partial charge is 0.295 e. The lowest BCUT2D eigenvalue weighted by Gasteiger charge is -2.27. The number of carbonyl (C=O) groups is 4. The van der Waals surface area contributed by atoms with Crippen molar-refractivity contribution >= 4 is 39.3 Å². The van der Waals surface area contributed by atoms with E-state index in [2.05, 4.69) is 10.0 Å². The van der Waals surface area contributed by atoms with E-state index < -0.39 is 39.7 Å². The zero-order valence-electron chi connectivity index (χ0n) is 15.8. The minimum Gasteiger partial charge on any atom is -0.295 e. The van der Waals surface area contributed by atoms with Crippen LogP contribution in [0.2, 0.25) is 0 Å². The van der Waals surface area contributed by atoms with Gasteiger partial charge in [0.05, 0.1) is 16.0 Å². The Morgan fingerprint density at radius 1 is 1.00 bits per heavy atom. The number of amides is 4. The van der Waals surface area contributed by atoms with Crippen LogP contribution >= 0.6 is 0 Å². The highest BCUT2D eigenvalue weighted by Crippen LogP contribution is 2.30.